The lowest BCUT2D eigenvalue weighted by Gasteiger charge is -2.34. The lowest BCUT2D eigenvalue weighted by Crippen LogP contribution is -2.40. The third-order valence-corrected chi connectivity index (χ3v) is 8.22. The number of hydrogen-bond donors (Lipinski definition) is 0. The summed E-state index contributed by atoms with van der Waals surface area (Å²) >= 11 is 0. The normalized spacial score (nSPS) is 21.7. The lowest BCUT2D eigenvalue weighted by molar-refractivity contribution is 0.0661. The van der Waals surface area contributed by atoms with E-state index in [0.717, 1.165) is 19.4 Å². The zero-order valence-electron chi connectivity index (χ0n) is 16.6. The van der Waals surface area contributed by atoms with E-state index in [1.807, 2.05) is 18.7 Å². The number of sulfonamides is 1. The van der Waals surface area contributed by atoms with Crippen molar-refractivity contribution >= 4 is 15.9 Å². The molecule has 1 amide bonds. The highest BCUT2D eigenvalue weighted by Gasteiger charge is 2.35. The monoisotopic (exact) mass is 392 g/mol. The Labute approximate surface area is 163 Å². The molecule has 1 unspecified atom stereocenters. The molecule has 1 saturated heterocycles. The Hall–Kier alpha value is -1.40. The van der Waals surface area contributed by atoms with Gasteiger partial charge in [-0.3, -0.25) is 4.79 Å². The Kier molecular flexibility index (Phi) is 6.58. The maximum absolute atomic E-state index is 13.2. The summed E-state index contributed by atoms with van der Waals surface area (Å²) in [5.74, 6) is 0.590. The quantitative estimate of drug-likeness (QED) is 0.738. The van der Waals surface area contributed by atoms with Crippen molar-refractivity contribution in [1.82, 2.24) is 9.21 Å². The molecule has 1 saturated carbocycles. The highest BCUT2D eigenvalue weighted by molar-refractivity contribution is 7.89. The molecule has 5 nitrogen and oxygen atoms in total. The zero-order valence-corrected chi connectivity index (χ0v) is 17.4. The average molecular weight is 393 g/mol. The van der Waals surface area contributed by atoms with Gasteiger partial charge < -0.3 is 4.90 Å². The molecule has 27 heavy (non-hydrogen) atoms. The fraction of sp³-hybridized carbons (Fsp3) is 0.667. The highest BCUT2D eigenvalue weighted by Crippen LogP contribution is 2.35. The molecule has 1 aromatic carbocycles. The van der Waals surface area contributed by atoms with Crippen molar-refractivity contribution in [2.75, 3.05) is 19.6 Å². The van der Waals surface area contributed by atoms with E-state index in [0.29, 0.717) is 30.6 Å². The predicted molar refractivity (Wildman–Crippen MR) is 107 cm³/mol. The number of carbonyl (C=O) groups excluding carboxylic acids is 1. The Bertz CT molecular complexity index is 752. The number of rotatable bonds is 6. The first kappa shape index (κ1) is 20.3. The van der Waals surface area contributed by atoms with E-state index in [4.69, 9.17) is 0 Å². The van der Waals surface area contributed by atoms with Gasteiger partial charge in [0.1, 0.15) is 0 Å². The molecule has 6 heteroatoms. The molecule has 150 valence electrons. The average Bonchev–Trinajstić information content (AvgIpc) is 3.19. The Morgan fingerprint density at radius 2 is 1.78 bits per heavy atom. The molecule has 2 aliphatic rings. The van der Waals surface area contributed by atoms with Gasteiger partial charge in [-0.05, 0) is 49.8 Å². The largest absolute Gasteiger partial charge is 0.335 e. The van der Waals surface area contributed by atoms with Gasteiger partial charge in [0.05, 0.1) is 4.90 Å². The molecule has 1 atom stereocenters. The maximum Gasteiger partial charge on any atom is 0.254 e. The van der Waals surface area contributed by atoms with Gasteiger partial charge in [0, 0.05) is 31.2 Å². The molecule has 1 heterocycles. The Balaban J connectivity index is 1.83. The summed E-state index contributed by atoms with van der Waals surface area (Å²) in [6.45, 7) is 5.29. The van der Waals surface area contributed by atoms with Crippen LogP contribution in [-0.4, -0.2) is 49.2 Å². The Morgan fingerprint density at radius 3 is 2.44 bits per heavy atom. The molecule has 0 aromatic heterocycles. The fourth-order valence-corrected chi connectivity index (χ4v) is 6.23. The van der Waals surface area contributed by atoms with Crippen LogP contribution in [0.2, 0.25) is 0 Å². The van der Waals surface area contributed by atoms with E-state index in [9.17, 15) is 13.2 Å². The topological polar surface area (TPSA) is 57.7 Å². The molecular formula is C21H32N2O3S. The molecule has 2 fully saturated rings. The van der Waals surface area contributed by atoms with Crippen molar-refractivity contribution < 1.29 is 13.2 Å². The summed E-state index contributed by atoms with van der Waals surface area (Å²) in [5, 5.41) is 0. The van der Waals surface area contributed by atoms with E-state index in [2.05, 4.69) is 0 Å². The second-order valence-corrected chi connectivity index (χ2v) is 9.66. The number of likely N-dealkylation sites (tertiary alicyclic amines) is 1. The minimum absolute atomic E-state index is 0.0142. The Morgan fingerprint density at radius 1 is 1.07 bits per heavy atom. The second-order valence-electron chi connectivity index (χ2n) is 7.72. The van der Waals surface area contributed by atoms with E-state index in [1.54, 1.807) is 24.3 Å². The number of benzene rings is 1. The first-order valence-electron chi connectivity index (χ1n) is 10.4. The van der Waals surface area contributed by atoms with Crippen molar-refractivity contribution in [1.29, 1.82) is 0 Å². The zero-order chi connectivity index (χ0) is 19.4. The minimum atomic E-state index is -3.55. The molecule has 1 aromatic rings. The fourth-order valence-electron chi connectivity index (χ4n) is 4.72. The SMILES string of the molecule is CCN(CC)S(=O)(=O)c1cccc(C(=O)N2CCCC2C2CCCCC2)c1. The van der Waals surface area contributed by atoms with Crippen LogP contribution < -0.4 is 0 Å². The molecule has 1 aliphatic carbocycles. The summed E-state index contributed by atoms with van der Waals surface area (Å²) in [4.78, 5) is 15.4. The summed E-state index contributed by atoms with van der Waals surface area (Å²) in [6, 6.07) is 6.91. The van der Waals surface area contributed by atoms with E-state index in [1.165, 1.54) is 36.4 Å². The third-order valence-electron chi connectivity index (χ3n) is 6.18. The molecule has 0 spiro atoms. The maximum atomic E-state index is 13.2. The predicted octanol–water partition coefficient (Wildman–Crippen LogP) is 3.90. The van der Waals surface area contributed by atoms with E-state index in [-0.39, 0.29) is 10.8 Å². The van der Waals surface area contributed by atoms with Crippen LogP contribution in [0, 0.1) is 5.92 Å². The molecule has 0 bridgehead atoms. The third kappa shape index (κ3) is 4.21. The van der Waals surface area contributed by atoms with Crippen LogP contribution >= 0.6 is 0 Å². The van der Waals surface area contributed by atoms with Gasteiger partial charge in [0.25, 0.3) is 5.91 Å². The summed E-state index contributed by atoms with van der Waals surface area (Å²) in [5.41, 5.74) is 0.492. The van der Waals surface area contributed by atoms with Crippen molar-refractivity contribution in [2.45, 2.75) is 69.7 Å². The van der Waals surface area contributed by atoms with Crippen LogP contribution in [0.4, 0.5) is 0 Å². The van der Waals surface area contributed by atoms with Crippen molar-refractivity contribution in [3.8, 4) is 0 Å². The van der Waals surface area contributed by atoms with Crippen LogP contribution in [0.1, 0.15) is 69.2 Å². The van der Waals surface area contributed by atoms with Gasteiger partial charge in [-0.15, -0.1) is 0 Å². The van der Waals surface area contributed by atoms with Gasteiger partial charge >= 0.3 is 0 Å². The van der Waals surface area contributed by atoms with Gasteiger partial charge in [0.15, 0.2) is 0 Å². The van der Waals surface area contributed by atoms with Gasteiger partial charge in [-0.2, -0.15) is 4.31 Å². The van der Waals surface area contributed by atoms with Gasteiger partial charge in [0.2, 0.25) is 10.0 Å². The molecule has 3 rings (SSSR count). The molecular weight excluding hydrogens is 360 g/mol. The lowest BCUT2D eigenvalue weighted by atomic mass is 9.83. The van der Waals surface area contributed by atoms with Crippen molar-refractivity contribution in [2.24, 2.45) is 5.92 Å². The molecule has 1 aliphatic heterocycles. The molecule has 0 N–H and O–H groups in total. The van der Waals surface area contributed by atoms with E-state index >= 15 is 0 Å². The number of nitrogens with zero attached hydrogens (tertiary/aromatic N) is 2. The minimum Gasteiger partial charge on any atom is -0.335 e. The molecule has 0 radical (unpaired) electrons. The summed E-state index contributed by atoms with van der Waals surface area (Å²) in [7, 11) is -3.55. The van der Waals surface area contributed by atoms with Gasteiger partial charge in [-0.25, -0.2) is 8.42 Å². The summed E-state index contributed by atoms with van der Waals surface area (Å²) in [6.07, 6.45) is 8.39. The number of hydrogen-bond acceptors (Lipinski definition) is 3. The smallest absolute Gasteiger partial charge is 0.254 e. The van der Waals surface area contributed by atoms with Crippen LogP contribution in [0.3, 0.4) is 0 Å². The van der Waals surface area contributed by atoms with Crippen LogP contribution in [0.25, 0.3) is 0 Å². The number of carbonyl (C=O) groups is 1. The van der Waals surface area contributed by atoms with E-state index < -0.39 is 10.0 Å². The van der Waals surface area contributed by atoms with Crippen LogP contribution in [-0.2, 0) is 10.0 Å². The van der Waals surface area contributed by atoms with Gasteiger partial charge in [-0.1, -0.05) is 39.2 Å². The van der Waals surface area contributed by atoms with Crippen molar-refractivity contribution in [3.05, 3.63) is 29.8 Å². The van der Waals surface area contributed by atoms with Crippen molar-refractivity contribution in [3.63, 3.8) is 0 Å². The van der Waals surface area contributed by atoms with Crippen LogP contribution in [0.15, 0.2) is 29.2 Å². The van der Waals surface area contributed by atoms with Crippen LogP contribution in [0.5, 0.6) is 0 Å². The summed E-state index contributed by atoms with van der Waals surface area (Å²) < 4.78 is 27.0. The second kappa shape index (κ2) is 8.74. The first-order valence-corrected chi connectivity index (χ1v) is 11.8. The first-order chi connectivity index (χ1) is 13.0. The standard InChI is InChI=1S/C21H32N2O3S/c1-3-22(4-2)27(25,26)19-13-8-12-18(16-19)21(24)23-15-9-14-20(23)17-10-6-5-7-11-17/h8,12-13,16-17,20H,3-7,9-11,14-15H2,1-2H3. The highest BCUT2D eigenvalue weighted by atomic mass is 32.2. The number of amides is 1.